The minimum absolute atomic E-state index is 0.145. The van der Waals surface area contributed by atoms with Crippen molar-refractivity contribution in [1.29, 1.82) is 0 Å². The third kappa shape index (κ3) is 4.92. The van der Waals surface area contributed by atoms with Crippen LogP contribution in [0.5, 0.6) is 0 Å². The molecule has 0 spiro atoms. The smallest absolute Gasteiger partial charge is 0.261 e. The number of benzene rings is 2. The zero-order chi connectivity index (χ0) is 21.5. The summed E-state index contributed by atoms with van der Waals surface area (Å²) in [5.74, 6) is -1.23. The van der Waals surface area contributed by atoms with Crippen LogP contribution >= 0.6 is 0 Å². The second-order valence-electron chi connectivity index (χ2n) is 7.14. The minimum Gasteiger partial charge on any atom is -0.352 e. The molecule has 0 aliphatic carbocycles. The normalized spacial score (nSPS) is 12.6. The predicted octanol–water partition coefficient (Wildman–Crippen LogP) is 2.52. The zero-order valence-electron chi connectivity index (χ0n) is 16.9. The van der Waals surface area contributed by atoms with Gasteiger partial charge in [0.25, 0.3) is 17.7 Å². The summed E-state index contributed by atoms with van der Waals surface area (Å²) in [6, 6.07) is 14.1. The van der Waals surface area contributed by atoms with E-state index in [0.717, 1.165) is 18.4 Å². The Hall–Kier alpha value is -3.48. The van der Waals surface area contributed by atoms with E-state index in [1.54, 1.807) is 0 Å². The first-order chi connectivity index (χ1) is 14.5. The van der Waals surface area contributed by atoms with E-state index in [9.17, 15) is 19.2 Å². The Morgan fingerprint density at radius 3 is 2.40 bits per heavy atom. The molecule has 1 aliphatic rings. The van der Waals surface area contributed by atoms with Gasteiger partial charge in [0.05, 0.1) is 11.1 Å². The predicted molar refractivity (Wildman–Crippen MR) is 112 cm³/mol. The van der Waals surface area contributed by atoms with Gasteiger partial charge in [-0.3, -0.25) is 24.1 Å². The molecular weight excluding hydrogens is 382 g/mol. The summed E-state index contributed by atoms with van der Waals surface area (Å²) in [7, 11) is 0. The van der Waals surface area contributed by atoms with Crippen molar-refractivity contribution in [3.63, 3.8) is 0 Å². The fourth-order valence-corrected chi connectivity index (χ4v) is 3.23. The summed E-state index contributed by atoms with van der Waals surface area (Å²) in [6.07, 6.45) is 1.76. The van der Waals surface area contributed by atoms with Gasteiger partial charge in [-0.25, -0.2) is 0 Å². The molecule has 0 saturated heterocycles. The van der Waals surface area contributed by atoms with Crippen LogP contribution in [0, 0.1) is 0 Å². The van der Waals surface area contributed by atoms with Gasteiger partial charge in [0, 0.05) is 31.6 Å². The van der Waals surface area contributed by atoms with Gasteiger partial charge in [0.2, 0.25) is 5.91 Å². The summed E-state index contributed by atoms with van der Waals surface area (Å²) < 4.78 is 0. The fourth-order valence-electron chi connectivity index (χ4n) is 3.23. The number of hydrogen-bond acceptors (Lipinski definition) is 4. The summed E-state index contributed by atoms with van der Waals surface area (Å²) in [5, 5.41) is 5.48. The Morgan fingerprint density at radius 2 is 1.67 bits per heavy atom. The lowest BCUT2D eigenvalue weighted by Crippen LogP contribution is -2.31. The molecule has 0 unspecified atom stereocenters. The van der Waals surface area contributed by atoms with Crippen molar-refractivity contribution in [2.24, 2.45) is 0 Å². The molecule has 0 saturated carbocycles. The minimum atomic E-state index is -0.388. The number of nitrogens with zero attached hydrogens (tertiary/aromatic N) is 1. The van der Waals surface area contributed by atoms with E-state index >= 15 is 0 Å². The number of hydrogen-bond donors (Lipinski definition) is 2. The molecule has 0 aromatic heterocycles. The molecule has 2 N–H and O–H groups in total. The molecule has 0 radical (unpaired) electrons. The van der Waals surface area contributed by atoms with E-state index in [2.05, 4.69) is 10.6 Å². The number of imide groups is 1. The molecule has 1 aliphatic heterocycles. The van der Waals surface area contributed by atoms with Crippen LogP contribution < -0.4 is 10.6 Å². The van der Waals surface area contributed by atoms with Crippen molar-refractivity contribution in [3.05, 3.63) is 70.8 Å². The number of carbonyl (C=O) groups is 4. The lowest BCUT2D eigenvalue weighted by atomic mass is 10.1. The van der Waals surface area contributed by atoms with Crippen LogP contribution in [0.25, 0.3) is 0 Å². The van der Waals surface area contributed by atoms with Crippen molar-refractivity contribution in [3.8, 4) is 0 Å². The van der Waals surface area contributed by atoms with E-state index in [0.29, 0.717) is 18.7 Å². The quantitative estimate of drug-likeness (QED) is 0.625. The largest absolute Gasteiger partial charge is 0.352 e. The number of fused-ring (bicyclic) bond motifs is 1. The Labute approximate surface area is 175 Å². The lowest BCUT2D eigenvalue weighted by Gasteiger charge is -2.12. The van der Waals surface area contributed by atoms with Crippen molar-refractivity contribution in [2.45, 2.75) is 32.7 Å². The van der Waals surface area contributed by atoms with Crippen LogP contribution in [0.2, 0.25) is 0 Å². The van der Waals surface area contributed by atoms with Crippen LogP contribution in [0.1, 0.15) is 62.8 Å². The highest BCUT2D eigenvalue weighted by molar-refractivity contribution is 6.22. The summed E-state index contributed by atoms with van der Waals surface area (Å²) >= 11 is 0. The molecule has 7 heteroatoms. The first-order valence-corrected chi connectivity index (χ1v) is 10.1. The Kier molecular flexibility index (Phi) is 6.95. The van der Waals surface area contributed by atoms with Crippen molar-refractivity contribution >= 4 is 23.6 Å². The third-order valence-corrected chi connectivity index (χ3v) is 4.94. The van der Waals surface area contributed by atoms with Crippen molar-refractivity contribution in [1.82, 2.24) is 15.5 Å². The number of nitrogens with one attached hydrogen (secondary N) is 2. The van der Waals surface area contributed by atoms with Gasteiger partial charge in [0.15, 0.2) is 0 Å². The van der Waals surface area contributed by atoms with Crippen LogP contribution in [0.4, 0.5) is 0 Å². The van der Waals surface area contributed by atoms with E-state index in [-0.39, 0.29) is 47.7 Å². The molecule has 4 amide bonds. The van der Waals surface area contributed by atoms with E-state index < -0.39 is 0 Å². The molecular formula is C23H25N3O4. The van der Waals surface area contributed by atoms with Crippen LogP contribution in [-0.2, 0) is 11.3 Å². The third-order valence-electron chi connectivity index (χ3n) is 4.94. The SMILES string of the molecule is CCCCN1C(=O)c2ccc(C(=O)NCCC(=O)NCc3ccccc3)cc2C1=O. The van der Waals surface area contributed by atoms with E-state index in [1.807, 2.05) is 37.3 Å². The highest BCUT2D eigenvalue weighted by atomic mass is 16.2. The maximum absolute atomic E-state index is 12.5. The second-order valence-corrected chi connectivity index (χ2v) is 7.14. The molecule has 3 rings (SSSR count). The first-order valence-electron chi connectivity index (χ1n) is 10.1. The maximum Gasteiger partial charge on any atom is 0.261 e. The van der Waals surface area contributed by atoms with Crippen LogP contribution in [-0.4, -0.2) is 41.6 Å². The van der Waals surface area contributed by atoms with E-state index in [1.165, 1.54) is 23.1 Å². The standard InChI is InChI=1S/C23H25N3O4/c1-2-3-13-26-22(29)18-10-9-17(14-19(18)23(26)30)21(28)24-12-11-20(27)25-15-16-7-5-4-6-8-16/h4-10,14H,2-3,11-13,15H2,1H3,(H,24,28)(H,25,27). The number of unbranched alkanes of at least 4 members (excludes halogenated alkanes) is 1. The number of amides is 4. The van der Waals surface area contributed by atoms with Crippen molar-refractivity contribution in [2.75, 3.05) is 13.1 Å². The monoisotopic (exact) mass is 407 g/mol. The molecule has 2 aromatic carbocycles. The topological polar surface area (TPSA) is 95.6 Å². The van der Waals surface area contributed by atoms with Crippen molar-refractivity contribution < 1.29 is 19.2 Å². The molecule has 7 nitrogen and oxygen atoms in total. The first kappa shape index (κ1) is 21.2. The van der Waals surface area contributed by atoms with Gasteiger partial charge in [0.1, 0.15) is 0 Å². The molecule has 156 valence electrons. The zero-order valence-corrected chi connectivity index (χ0v) is 16.9. The van der Waals surface area contributed by atoms with Gasteiger partial charge in [-0.15, -0.1) is 0 Å². The number of carbonyl (C=O) groups excluding carboxylic acids is 4. The summed E-state index contributed by atoms with van der Waals surface area (Å²) in [5.41, 5.74) is 1.87. The Morgan fingerprint density at radius 1 is 0.933 bits per heavy atom. The highest BCUT2D eigenvalue weighted by Gasteiger charge is 2.35. The van der Waals surface area contributed by atoms with Crippen LogP contribution in [0.3, 0.4) is 0 Å². The van der Waals surface area contributed by atoms with Gasteiger partial charge in [-0.05, 0) is 30.2 Å². The average molecular weight is 407 g/mol. The molecule has 0 atom stereocenters. The summed E-state index contributed by atoms with van der Waals surface area (Å²) in [6.45, 7) is 2.97. The van der Waals surface area contributed by atoms with Gasteiger partial charge < -0.3 is 10.6 Å². The Balaban J connectivity index is 1.51. The van der Waals surface area contributed by atoms with Gasteiger partial charge >= 0.3 is 0 Å². The summed E-state index contributed by atoms with van der Waals surface area (Å²) in [4.78, 5) is 50.4. The lowest BCUT2D eigenvalue weighted by molar-refractivity contribution is -0.121. The average Bonchev–Trinajstić information content (AvgIpc) is 3.00. The molecule has 30 heavy (non-hydrogen) atoms. The van der Waals surface area contributed by atoms with Gasteiger partial charge in [-0.2, -0.15) is 0 Å². The highest BCUT2D eigenvalue weighted by Crippen LogP contribution is 2.24. The molecule has 1 heterocycles. The molecule has 0 fully saturated rings. The molecule has 0 bridgehead atoms. The second kappa shape index (κ2) is 9.82. The Bertz CT molecular complexity index is 956. The fraction of sp³-hybridized carbons (Fsp3) is 0.304. The maximum atomic E-state index is 12.5. The van der Waals surface area contributed by atoms with E-state index in [4.69, 9.17) is 0 Å². The van der Waals surface area contributed by atoms with Crippen LogP contribution in [0.15, 0.2) is 48.5 Å². The molecule has 2 aromatic rings. The van der Waals surface area contributed by atoms with Gasteiger partial charge in [-0.1, -0.05) is 43.7 Å². The number of rotatable bonds is 9.